The number of hydroxylamine groups is 2. The molecule has 0 saturated carbocycles. The largest absolute Gasteiger partial charge is 0.623 e. The van der Waals surface area contributed by atoms with Crippen LogP contribution in [0.5, 0.6) is 0 Å². The molecule has 110 valence electrons. The zero-order valence-electron chi connectivity index (χ0n) is 10.4. The van der Waals surface area contributed by atoms with E-state index in [0.717, 1.165) is 6.20 Å². The average Bonchev–Trinajstić information content (AvgIpc) is 2.40. The summed E-state index contributed by atoms with van der Waals surface area (Å²) in [6.45, 7) is 0. The first-order valence-corrected chi connectivity index (χ1v) is 7.16. The third-order valence-electron chi connectivity index (χ3n) is 2.83. The predicted octanol–water partition coefficient (Wildman–Crippen LogP) is 0.636. The molecule has 0 aliphatic carbocycles. The van der Waals surface area contributed by atoms with E-state index in [2.05, 4.69) is 0 Å². The van der Waals surface area contributed by atoms with Gasteiger partial charge in [-0.2, -0.15) is 8.42 Å². The van der Waals surface area contributed by atoms with Gasteiger partial charge in [-0.15, -0.1) is 0 Å². The van der Waals surface area contributed by atoms with Crippen LogP contribution in [0.2, 0.25) is 5.02 Å². The normalized spacial score (nSPS) is 17.5. The fraction of sp³-hybridized carbons (Fsp3) is 0.0833. The number of halogens is 1. The Morgan fingerprint density at radius 2 is 2.05 bits per heavy atom. The molecular formula is C12H9ClN2O5S. The molecule has 7 nitrogen and oxygen atoms in total. The Hall–Kier alpha value is -2.00. The number of nitrogens with zero attached hydrogens (tertiary/aromatic N) is 1. The van der Waals surface area contributed by atoms with Gasteiger partial charge in [0.2, 0.25) is 0 Å². The first-order valence-electron chi connectivity index (χ1n) is 5.71. The van der Waals surface area contributed by atoms with Gasteiger partial charge in [0.15, 0.2) is 0 Å². The number of nitro benzene ring substituents is 1. The maximum absolute atomic E-state index is 11.6. The van der Waals surface area contributed by atoms with E-state index in [1.54, 1.807) is 6.07 Å². The lowest BCUT2D eigenvalue weighted by molar-refractivity contribution is -0.680. The molecule has 1 unspecified atom stereocenters. The van der Waals surface area contributed by atoms with Crippen molar-refractivity contribution >= 4 is 32.6 Å². The van der Waals surface area contributed by atoms with Gasteiger partial charge in [0.1, 0.15) is 11.2 Å². The summed E-state index contributed by atoms with van der Waals surface area (Å²) in [6, 6.07) is 4.17. The van der Waals surface area contributed by atoms with Crippen molar-refractivity contribution in [3.05, 3.63) is 68.0 Å². The van der Waals surface area contributed by atoms with Gasteiger partial charge in [0.05, 0.1) is 4.92 Å². The Labute approximate surface area is 126 Å². The molecule has 0 radical (unpaired) electrons. The van der Waals surface area contributed by atoms with Gasteiger partial charge in [-0.25, -0.2) is 0 Å². The minimum absolute atomic E-state index is 0.00560. The molecule has 0 spiro atoms. The third kappa shape index (κ3) is 3.37. The summed E-state index contributed by atoms with van der Waals surface area (Å²) in [5.41, 5.74) is 0.507. The highest BCUT2D eigenvalue weighted by atomic mass is 35.5. The Balaban J connectivity index is 2.40. The van der Waals surface area contributed by atoms with Crippen LogP contribution in [0.4, 0.5) is 5.69 Å². The fourth-order valence-electron chi connectivity index (χ4n) is 1.92. The first-order chi connectivity index (χ1) is 9.90. The van der Waals surface area contributed by atoms with Crippen molar-refractivity contribution < 1.29 is 18.4 Å². The van der Waals surface area contributed by atoms with Crippen molar-refractivity contribution in [2.45, 2.75) is 6.42 Å². The van der Waals surface area contributed by atoms with Crippen LogP contribution >= 0.6 is 11.6 Å². The lowest BCUT2D eigenvalue weighted by atomic mass is 10.0. The second-order valence-electron chi connectivity index (χ2n) is 4.20. The van der Waals surface area contributed by atoms with Gasteiger partial charge in [-0.05, 0) is 23.8 Å². The number of quaternary nitrogens is 1. The number of benzene rings is 1. The van der Waals surface area contributed by atoms with Crippen LogP contribution in [0, 0.1) is 15.3 Å². The summed E-state index contributed by atoms with van der Waals surface area (Å²) in [7, 11) is -2.67. The highest BCUT2D eigenvalue weighted by Crippen LogP contribution is 2.26. The Morgan fingerprint density at radius 1 is 1.33 bits per heavy atom. The molecule has 0 amide bonds. The fourth-order valence-corrected chi connectivity index (χ4v) is 2.69. The number of nitrogens with one attached hydrogen (secondary N) is 1. The van der Waals surface area contributed by atoms with Crippen LogP contribution < -0.4 is 5.06 Å². The first kappa shape index (κ1) is 15.4. The molecule has 1 atom stereocenters. The minimum Gasteiger partial charge on any atom is -0.623 e. The Bertz CT molecular complexity index is 790. The number of hydrogen-bond acceptors (Lipinski definition) is 5. The third-order valence-corrected chi connectivity index (χ3v) is 3.95. The molecule has 0 bridgehead atoms. The van der Waals surface area contributed by atoms with E-state index < -0.39 is 20.3 Å². The quantitative estimate of drug-likeness (QED) is 0.379. The van der Waals surface area contributed by atoms with Crippen LogP contribution in [0.25, 0.3) is 0 Å². The van der Waals surface area contributed by atoms with Gasteiger partial charge >= 0.3 is 0 Å². The molecule has 0 fully saturated rings. The Morgan fingerprint density at radius 3 is 2.67 bits per heavy atom. The van der Waals surface area contributed by atoms with Crippen LogP contribution in [-0.4, -0.2) is 18.3 Å². The van der Waals surface area contributed by atoms with Crippen molar-refractivity contribution in [1.82, 2.24) is 0 Å². The maximum atomic E-state index is 11.6. The molecule has 1 heterocycles. The lowest BCUT2D eigenvalue weighted by Crippen LogP contribution is -3.06. The van der Waals surface area contributed by atoms with E-state index in [9.17, 15) is 23.7 Å². The predicted molar refractivity (Wildman–Crippen MR) is 77.3 cm³/mol. The molecule has 1 aromatic carbocycles. The molecule has 2 rings (SSSR count). The van der Waals surface area contributed by atoms with Crippen molar-refractivity contribution in [3.8, 4) is 0 Å². The summed E-state index contributed by atoms with van der Waals surface area (Å²) < 4.78 is 22.3. The van der Waals surface area contributed by atoms with Crippen LogP contribution in [-0.2, 0) is 16.7 Å². The molecule has 1 aliphatic heterocycles. The second-order valence-corrected chi connectivity index (χ2v) is 5.48. The van der Waals surface area contributed by atoms with E-state index in [1.165, 1.54) is 24.3 Å². The number of nitro groups is 1. The van der Waals surface area contributed by atoms with E-state index in [-0.39, 0.29) is 27.7 Å². The summed E-state index contributed by atoms with van der Waals surface area (Å²) in [6.07, 6.45) is 4.17. The van der Waals surface area contributed by atoms with Gasteiger partial charge in [0, 0.05) is 18.1 Å². The molecule has 1 N–H and O–H groups in total. The molecule has 1 aliphatic rings. The monoisotopic (exact) mass is 328 g/mol. The van der Waals surface area contributed by atoms with E-state index >= 15 is 0 Å². The summed E-state index contributed by atoms with van der Waals surface area (Å²) in [5, 5.41) is 21.8. The maximum Gasteiger partial charge on any atom is 0.288 e. The van der Waals surface area contributed by atoms with Gasteiger partial charge in [-0.3, -0.25) is 10.1 Å². The van der Waals surface area contributed by atoms with Crippen molar-refractivity contribution in [2.75, 3.05) is 0 Å². The summed E-state index contributed by atoms with van der Waals surface area (Å²) in [5.74, 6) is 0. The van der Waals surface area contributed by atoms with Crippen molar-refractivity contribution in [1.29, 1.82) is 0 Å². The van der Waals surface area contributed by atoms with E-state index in [1.807, 2.05) is 0 Å². The molecule has 9 heteroatoms. The molecule has 0 aromatic heterocycles. The highest BCUT2D eigenvalue weighted by molar-refractivity contribution is 7.72. The lowest BCUT2D eigenvalue weighted by Gasteiger charge is -2.21. The second kappa shape index (κ2) is 6.19. The summed E-state index contributed by atoms with van der Waals surface area (Å²) in [4.78, 5) is 9.88. The molecule has 21 heavy (non-hydrogen) atoms. The smallest absolute Gasteiger partial charge is 0.288 e. The van der Waals surface area contributed by atoms with Gasteiger partial charge in [-0.1, -0.05) is 17.7 Å². The molecule has 0 saturated heterocycles. The standard InChI is InChI=1S/C12H9ClN2O5S/c13-10-4-3-8(7-11(10)15(17)18)6-9-2-1-5-14(16)12(9)21(19)20/h1-5,7,14H,6H2. The van der Waals surface area contributed by atoms with Gasteiger partial charge in [0.25, 0.3) is 21.0 Å². The van der Waals surface area contributed by atoms with Crippen molar-refractivity contribution in [3.63, 3.8) is 0 Å². The topological polar surface area (TPSA) is 105 Å². The van der Waals surface area contributed by atoms with E-state index in [4.69, 9.17) is 11.6 Å². The number of allylic oxidation sites excluding steroid dienone is 2. The van der Waals surface area contributed by atoms with Crippen LogP contribution in [0.15, 0.2) is 42.1 Å². The molecule has 1 aromatic rings. The zero-order valence-corrected chi connectivity index (χ0v) is 12.0. The van der Waals surface area contributed by atoms with E-state index in [0.29, 0.717) is 5.56 Å². The zero-order chi connectivity index (χ0) is 15.6. The number of hydrogen-bond donors (Lipinski definition) is 1. The summed E-state index contributed by atoms with van der Waals surface area (Å²) >= 11 is 5.71. The van der Waals surface area contributed by atoms with Gasteiger partial charge < -0.3 is 10.3 Å². The van der Waals surface area contributed by atoms with Crippen LogP contribution in [0.1, 0.15) is 5.56 Å². The molecular weight excluding hydrogens is 320 g/mol. The minimum atomic E-state index is -2.67. The van der Waals surface area contributed by atoms with Crippen molar-refractivity contribution in [2.24, 2.45) is 0 Å². The average molecular weight is 329 g/mol. The SMILES string of the molecule is O=[N+]([O-])c1cc(CC2=CC=C[NH+]([O-])C2=S(=O)=O)ccc1Cl. The van der Waals surface area contributed by atoms with Crippen LogP contribution in [0.3, 0.4) is 0 Å². The number of rotatable bonds is 3. The Kier molecular flexibility index (Phi) is 4.53. The highest BCUT2D eigenvalue weighted by Gasteiger charge is 2.20.